The lowest BCUT2D eigenvalue weighted by atomic mass is 10.0. The predicted octanol–water partition coefficient (Wildman–Crippen LogP) is 2.24. The van der Waals surface area contributed by atoms with Crippen LogP contribution in [0.25, 0.3) is 0 Å². The smallest absolute Gasteiger partial charge is 0.242 e. The summed E-state index contributed by atoms with van der Waals surface area (Å²) in [4.78, 5) is 0.297. The highest BCUT2D eigenvalue weighted by molar-refractivity contribution is 7.89. The molecule has 6 heteroatoms. The van der Waals surface area contributed by atoms with Gasteiger partial charge in [0, 0.05) is 30.5 Å². The van der Waals surface area contributed by atoms with Crippen molar-refractivity contribution in [2.45, 2.75) is 64.6 Å². The average molecular weight is 301 g/mol. The van der Waals surface area contributed by atoms with Crippen LogP contribution < -0.4 is 10.5 Å². The maximum Gasteiger partial charge on any atom is 0.242 e. The topological polar surface area (TPSA) is 77.1 Å². The maximum atomic E-state index is 12.4. The highest BCUT2D eigenvalue weighted by Gasteiger charge is 2.23. The summed E-state index contributed by atoms with van der Waals surface area (Å²) in [7, 11) is -3.49. The molecule has 1 aromatic rings. The Labute approximate surface area is 122 Å². The summed E-state index contributed by atoms with van der Waals surface area (Å²) in [5.41, 5.74) is 6.52. The van der Waals surface area contributed by atoms with E-state index >= 15 is 0 Å². The molecule has 1 heterocycles. The second-order valence-corrected chi connectivity index (χ2v) is 7.47. The largest absolute Gasteiger partial charge is 0.346 e. The summed E-state index contributed by atoms with van der Waals surface area (Å²) in [5.74, 6) is 0.260. The van der Waals surface area contributed by atoms with Crippen LogP contribution in [0.1, 0.15) is 52.8 Å². The number of rotatable bonds is 7. The molecule has 0 aliphatic heterocycles. The van der Waals surface area contributed by atoms with Crippen molar-refractivity contribution in [1.29, 1.82) is 0 Å². The lowest BCUT2D eigenvalue weighted by Gasteiger charge is -2.20. The zero-order valence-electron chi connectivity index (χ0n) is 13.1. The molecule has 1 atom stereocenters. The van der Waals surface area contributed by atoms with Crippen molar-refractivity contribution in [2.24, 2.45) is 11.7 Å². The Kier molecular flexibility index (Phi) is 5.79. The molecule has 116 valence electrons. The van der Waals surface area contributed by atoms with E-state index in [1.807, 2.05) is 39.2 Å². The van der Waals surface area contributed by atoms with Gasteiger partial charge in [0.1, 0.15) is 0 Å². The molecule has 0 aliphatic carbocycles. The van der Waals surface area contributed by atoms with Crippen LogP contribution in [0.2, 0.25) is 0 Å². The molecule has 1 rings (SSSR count). The monoisotopic (exact) mass is 301 g/mol. The van der Waals surface area contributed by atoms with Gasteiger partial charge in [-0.25, -0.2) is 13.1 Å². The van der Waals surface area contributed by atoms with Crippen LogP contribution >= 0.6 is 0 Å². The van der Waals surface area contributed by atoms with Crippen molar-refractivity contribution >= 4 is 10.0 Å². The van der Waals surface area contributed by atoms with Gasteiger partial charge in [0.15, 0.2) is 0 Å². The number of nitrogens with one attached hydrogen (secondary N) is 1. The fourth-order valence-corrected chi connectivity index (χ4v) is 3.76. The molecule has 0 saturated carbocycles. The molecule has 0 aromatic carbocycles. The zero-order valence-corrected chi connectivity index (χ0v) is 13.9. The minimum atomic E-state index is -3.49. The zero-order chi connectivity index (χ0) is 15.5. The van der Waals surface area contributed by atoms with Gasteiger partial charge in [-0.1, -0.05) is 20.8 Å². The SMILES string of the molecule is CCC(NS(=O)(=O)c1cc(CN)n(C(C)C)c1)C(C)C. The van der Waals surface area contributed by atoms with Crippen LogP contribution in [0.5, 0.6) is 0 Å². The molecule has 1 unspecified atom stereocenters. The molecule has 0 amide bonds. The maximum absolute atomic E-state index is 12.4. The second-order valence-electron chi connectivity index (χ2n) is 5.75. The van der Waals surface area contributed by atoms with Gasteiger partial charge in [-0.05, 0) is 32.3 Å². The van der Waals surface area contributed by atoms with Crippen molar-refractivity contribution in [1.82, 2.24) is 9.29 Å². The average Bonchev–Trinajstić information content (AvgIpc) is 2.80. The van der Waals surface area contributed by atoms with E-state index in [1.165, 1.54) is 0 Å². The van der Waals surface area contributed by atoms with Gasteiger partial charge in [0.25, 0.3) is 0 Å². The van der Waals surface area contributed by atoms with Gasteiger partial charge >= 0.3 is 0 Å². The first-order valence-electron chi connectivity index (χ1n) is 7.16. The molecule has 3 N–H and O–H groups in total. The molecular weight excluding hydrogens is 274 g/mol. The lowest BCUT2D eigenvalue weighted by molar-refractivity contribution is 0.437. The highest BCUT2D eigenvalue weighted by atomic mass is 32.2. The van der Waals surface area contributed by atoms with Gasteiger partial charge in [0.2, 0.25) is 10.0 Å². The van der Waals surface area contributed by atoms with Gasteiger partial charge in [-0.2, -0.15) is 0 Å². The summed E-state index contributed by atoms with van der Waals surface area (Å²) in [5, 5.41) is 0. The Morgan fingerprint density at radius 2 is 1.90 bits per heavy atom. The summed E-state index contributed by atoms with van der Waals surface area (Å²) in [6.45, 7) is 10.4. The summed E-state index contributed by atoms with van der Waals surface area (Å²) >= 11 is 0. The van der Waals surface area contributed by atoms with E-state index in [0.29, 0.717) is 11.4 Å². The highest BCUT2D eigenvalue weighted by Crippen LogP contribution is 2.20. The van der Waals surface area contributed by atoms with E-state index in [4.69, 9.17) is 5.73 Å². The van der Waals surface area contributed by atoms with Crippen LogP contribution in [-0.2, 0) is 16.6 Å². The molecule has 5 nitrogen and oxygen atoms in total. The summed E-state index contributed by atoms with van der Waals surface area (Å²) < 4.78 is 29.6. The molecule has 0 saturated heterocycles. The Hall–Kier alpha value is -0.850. The summed E-state index contributed by atoms with van der Waals surface area (Å²) in [6.07, 6.45) is 2.44. The van der Waals surface area contributed by atoms with E-state index < -0.39 is 10.0 Å². The Balaban J connectivity index is 3.10. The first-order valence-corrected chi connectivity index (χ1v) is 8.64. The Morgan fingerprint density at radius 1 is 1.30 bits per heavy atom. The fraction of sp³-hybridized carbons (Fsp3) is 0.714. The van der Waals surface area contributed by atoms with Crippen LogP contribution in [0.15, 0.2) is 17.2 Å². The van der Waals surface area contributed by atoms with E-state index in [0.717, 1.165) is 12.1 Å². The standard InChI is InChI=1S/C14H27N3O2S/c1-6-14(10(2)3)16-20(18,19)13-7-12(8-15)17(9-13)11(4)5/h7,9-11,14,16H,6,8,15H2,1-5H3. The molecular formula is C14H27N3O2S. The molecule has 1 aromatic heterocycles. The predicted molar refractivity (Wildman–Crippen MR) is 81.9 cm³/mol. The lowest BCUT2D eigenvalue weighted by Crippen LogP contribution is -2.37. The first kappa shape index (κ1) is 17.2. The van der Waals surface area contributed by atoms with Crippen LogP contribution in [0.4, 0.5) is 0 Å². The van der Waals surface area contributed by atoms with Crippen LogP contribution in [0.3, 0.4) is 0 Å². The van der Waals surface area contributed by atoms with E-state index in [-0.39, 0.29) is 18.0 Å². The van der Waals surface area contributed by atoms with E-state index in [1.54, 1.807) is 12.3 Å². The van der Waals surface area contributed by atoms with E-state index in [9.17, 15) is 8.42 Å². The first-order chi connectivity index (χ1) is 9.22. The third-order valence-corrected chi connectivity index (χ3v) is 4.99. The minimum Gasteiger partial charge on any atom is -0.346 e. The van der Waals surface area contributed by atoms with Crippen LogP contribution in [-0.4, -0.2) is 19.0 Å². The molecule has 0 radical (unpaired) electrons. The molecule has 0 aliphatic rings. The van der Waals surface area contributed by atoms with Crippen LogP contribution in [0, 0.1) is 5.92 Å². The van der Waals surface area contributed by atoms with Gasteiger partial charge in [-0.3, -0.25) is 0 Å². The van der Waals surface area contributed by atoms with Crippen molar-refractivity contribution in [3.05, 3.63) is 18.0 Å². The Morgan fingerprint density at radius 3 is 2.25 bits per heavy atom. The molecule has 0 bridgehead atoms. The fourth-order valence-electron chi connectivity index (χ4n) is 2.25. The number of hydrogen-bond acceptors (Lipinski definition) is 3. The normalized spacial score (nSPS) is 14.2. The van der Waals surface area contributed by atoms with Crippen molar-refractivity contribution in [3.8, 4) is 0 Å². The third-order valence-electron chi connectivity index (χ3n) is 3.53. The van der Waals surface area contributed by atoms with E-state index in [2.05, 4.69) is 4.72 Å². The van der Waals surface area contributed by atoms with Crippen molar-refractivity contribution in [2.75, 3.05) is 0 Å². The third kappa shape index (κ3) is 3.84. The molecule has 20 heavy (non-hydrogen) atoms. The summed E-state index contributed by atoms with van der Waals surface area (Å²) in [6, 6.07) is 1.79. The quantitative estimate of drug-likeness (QED) is 0.811. The Bertz CT molecular complexity index is 533. The number of nitrogens with zero attached hydrogens (tertiary/aromatic N) is 1. The number of hydrogen-bond donors (Lipinski definition) is 2. The van der Waals surface area contributed by atoms with Crippen molar-refractivity contribution in [3.63, 3.8) is 0 Å². The number of sulfonamides is 1. The van der Waals surface area contributed by atoms with Gasteiger partial charge in [0.05, 0.1) is 4.90 Å². The van der Waals surface area contributed by atoms with Crippen molar-refractivity contribution < 1.29 is 8.42 Å². The molecule has 0 spiro atoms. The van der Waals surface area contributed by atoms with Gasteiger partial charge in [-0.15, -0.1) is 0 Å². The second kappa shape index (κ2) is 6.74. The number of aromatic nitrogens is 1. The van der Waals surface area contributed by atoms with Gasteiger partial charge < -0.3 is 10.3 Å². The molecule has 0 fully saturated rings. The minimum absolute atomic E-state index is 0.0521. The number of nitrogens with two attached hydrogens (primary N) is 1.